The molecule has 0 amide bonds. The molecule has 16 heavy (non-hydrogen) atoms. The summed E-state index contributed by atoms with van der Waals surface area (Å²) in [6.07, 6.45) is 1.00. The number of carboxylic acids is 1. The highest BCUT2D eigenvalue weighted by Gasteiger charge is 2.14. The summed E-state index contributed by atoms with van der Waals surface area (Å²) in [5, 5.41) is 8.89. The number of aromatic nitrogens is 1. The number of carbonyl (C=O) groups is 1. The SMILES string of the molecule is Cc1cc(NS(C)(=O)=O)nc(C)c1C(=O)O. The average molecular weight is 244 g/mol. The fourth-order valence-electron chi connectivity index (χ4n) is 1.40. The third kappa shape index (κ3) is 2.93. The van der Waals surface area contributed by atoms with Crippen LogP contribution in [0.3, 0.4) is 0 Å². The van der Waals surface area contributed by atoms with Crippen molar-refractivity contribution in [2.24, 2.45) is 0 Å². The van der Waals surface area contributed by atoms with Crippen LogP contribution in [0, 0.1) is 13.8 Å². The van der Waals surface area contributed by atoms with Crippen molar-refractivity contribution in [3.8, 4) is 0 Å². The van der Waals surface area contributed by atoms with E-state index in [4.69, 9.17) is 5.11 Å². The maximum absolute atomic E-state index is 11.0. The van der Waals surface area contributed by atoms with Crippen LogP contribution in [-0.2, 0) is 10.0 Å². The summed E-state index contributed by atoms with van der Waals surface area (Å²) in [6.45, 7) is 3.11. The average Bonchev–Trinajstić information content (AvgIpc) is 1.96. The van der Waals surface area contributed by atoms with Crippen molar-refractivity contribution in [2.45, 2.75) is 13.8 Å². The van der Waals surface area contributed by atoms with Crippen molar-refractivity contribution in [1.82, 2.24) is 4.98 Å². The van der Waals surface area contributed by atoms with Gasteiger partial charge >= 0.3 is 5.97 Å². The summed E-state index contributed by atoms with van der Waals surface area (Å²) >= 11 is 0. The number of nitrogens with zero attached hydrogens (tertiary/aromatic N) is 1. The molecule has 0 radical (unpaired) electrons. The van der Waals surface area contributed by atoms with Gasteiger partial charge in [-0.05, 0) is 25.5 Å². The summed E-state index contributed by atoms with van der Waals surface area (Å²) in [7, 11) is -3.40. The molecule has 1 aromatic rings. The normalized spacial score (nSPS) is 11.2. The summed E-state index contributed by atoms with van der Waals surface area (Å²) < 4.78 is 24.1. The molecule has 1 aromatic heterocycles. The van der Waals surface area contributed by atoms with E-state index in [0.29, 0.717) is 5.56 Å². The molecule has 1 heterocycles. The Bertz CT molecular complexity index is 513. The fraction of sp³-hybridized carbons (Fsp3) is 0.333. The van der Waals surface area contributed by atoms with Gasteiger partial charge in [-0.25, -0.2) is 18.2 Å². The predicted octanol–water partition coefficient (Wildman–Crippen LogP) is 0.768. The molecule has 0 aromatic carbocycles. The van der Waals surface area contributed by atoms with Gasteiger partial charge in [0.2, 0.25) is 10.0 Å². The molecule has 0 spiro atoms. The number of anilines is 1. The highest BCUT2D eigenvalue weighted by molar-refractivity contribution is 7.92. The zero-order valence-electron chi connectivity index (χ0n) is 9.10. The third-order valence-electron chi connectivity index (χ3n) is 1.90. The van der Waals surface area contributed by atoms with Gasteiger partial charge in [-0.15, -0.1) is 0 Å². The van der Waals surface area contributed by atoms with E-state index < -0.39 is 16.0 Å². The lowest BCUT2D eigenvalue weighted by Crippen LogP contribution is -2.13. The topological polar surface area (TPSA) is 96.4 Å². The Labute approximate surface area is 93.4 Å². The molecule has 88 valence electrons. The minimum absolute atomic E-state index is 0.0963. The van der Waals surface area contributed by atoms with Crippen LogP contribution in [-0.4, -0.2) is 30.7 Å². The molecule has 0 bridgehead atoms. The van der Waals surface area contributed by atoms with E-state index in [9.17, 15) is 13.2 Å². The Morgan fingerprint density at radius 1 is 1.44 bits per heavy atom. The van der Waals surface area contributed by atoms with Crippen molar-refractivity contribution >= 4 is 21.8 Å². The summed E-state index contributed by atoms with van der Waals surface area (Å²) in [4.78, 5) is 14.7. The molecule has 2 N–H and O–H groups in total. The summed E-state index contributed by atoms with van der Waals surface area (Å²) in [5.74, 6) is -0.948. The monoisotopic (exact) mass is 244 g/mol. The van der Waals surface area contributed by atoms with Crippen molar-refractivity contribution < 1.29 is 18.3 Å². The molecule has 0 saturated heterocycles. The molecule has 6 nitrogen and oxygen atoms in total. The zero-order chi connectivity index (χ0) is 12.5. The number of aromatic carboxylic acids is 1. The van der Waals surface area contributed by atoms with Crippen molar-refractivity contribution in [3.05, 3.63) is 22.9 Å². The molecule has 0 fully saturated rings. The van der Waals surface area contributed by atoms with E-state index >= 15 is 0 Å². The molecule has 0 atom stereocenters. The van der Waals surface area contributed by atoms with Crippen LogP contribution in [0.5, 0.6) is 0 Å². The first kappa shape index (κ1) is 12.4. The molecule has 7 heteroatoms. The lowest BCUT2D eigenvalue weighted by atomic mass is 10.1. The minimum atomic E-state index is -3.40. The van der Waals surface area contributed by atoms with Crippen LogP contribution in [0.2, 0.25) is 0 Å². The highest BCUT2D eigenvalue weighted by atomic mass is 32.2. The Balaban J connectivity index is 3.25. The number of pyridine rings is 1. The number of sulfonamides is 1. The number of carboxylic acid groups (broad SMARTS) is 1. The van der Waals surface area contributed by atoms with Gasteiger partial charge in [0, 0.05) is 0 Å². The van der Waals surface area contributed by atoms with Gasteiger partial charge < -0.3 is 5.11 Å². The highest BCUT2D eigenvalue weighted by Crippen LogP contribution is 2.16. The largest absolute Gasteiger partial charge is 0.478 e. The third-order valence-corrected chi connectivity index (χ3v) is 2.48. The van der Waals surface area contributed by atoms with Gasteiger partial charge in [0.1, 0.15) is 5.82 Å². The lowest BCUT2D eigenvalue weighted by Gasteiger charge is -2.08. The van der Waals surface area contributed by atoms with Gasteiger partial charge in [0.05, 0.1) is 17.5 Å². The Morgan fingerprint density at radius 2 is 2.00 bits per heavy atom. The van der Waals surface area contributed by atoms with Crippen LogP contribution in [0.4, 0.5) is 5.82 Å². The van der Waals surface area contributed by atoms with Crippen LogP contribution < -0.4 is 4.72 Å². The second kappa shape index (κ2) is 4.09. The lowest BCUT2D eigenvalue weighted by molar-refractivity contribution is 0.0695. The first-order chi connectivity index (χ1) is 7.20. The number of aryl methyl sites for hydroxylation is 2. The number of rotatable bonds is 3. The minimum Gasteiger partial charge on any atom is -0.478 e. The summed E-state index contributed by atoms with van der Waals surface area (Å²) in [5.41, 5.74) is 0.837. The van der Waals surface area contributed by atoms with E-state index in [1.807, 2.05) is 0 Å². The Hall–Kier alpha value is -1.63. The molecule has 0 saturated carbocycles. The molecule has 0 aliphatic carbocycles. The number of hydrogen-bond acceptors (Lipinski definition) is 4. The van der Waals surface area contributed by atoms with E-state index in [1.165, 1.54) is 13.0 Å². The molecular formula is C9H12N2O4S. The molecule has 0 unspecified atom stereocenters. The fourth-order valence-corrected chi connectivity index (χ4v) is 1.88. The van der Waals surface area contributed by atoms with Crippen LogP contribution in [0.1, 0.15) is 21.6 Å². The molecule has 0 aliphatic rings. The van der Waals surface area contributed by atoms with E-state index in [1.54, 1.807) is 6.92 Å². The van der Waals surface area contributed by atoms with E-state index in [-0.39, 0.29) is 17.1 Å². The smallest absolute Gasteiger partial charge is 0.337 e. The van der Waals surface area contributed by atoms with Gasteiger partial charge in [0.25, 0.3) is 0 Å². The second-order valence-corrected chi connectivity index (χ2v) is 5.21. The van der Waals surface area contributed by atoms with E-state index in [2.05, 4.69) is 9.71 Å². The summed E-state index contributed by atoms with van der Waals surface area (Å²) in [6, 6.07) is 1.39. The van der Waals surface area contributed by atoms with Gasteiger partial charge in [0.15, 0.2) is 0 Å². The Morgan fingerprint density at radius 3 is 2.38 bits per heavy atom. The van der Waals surface area contributed by atoms with Gasteiger partial charge in [-0.3, -0.25) is 4.72 Å². The first-order valence-corrected chi connectivity index (χ1v) is 6.29. The Kier molecular flexibility index (Phi) is 3.18. The van der Waals surface area contributed by atoms with Crippen LogP contribution in [0.15, 0.2) is 6.07 Å². The standard InChI is InChI=1S/C9H12N2O4S/c1-5-4-7(11-16(3,14)15)10-6(2)8(5)9(12)13/h4H,1-3H3,(H,10,11)(H,12,13). The predicted molar refractivity (Wildman–Crippen MR) is 59.1 cm³/mol. The van der Waals surface area contributed by atoms with Gasteiger partial charge in [-0.1, -0.05) is 0 Å². The first-order valence-electron chi connectivity index (χ1n) is 4.40. The molecule has 0 aliphatic heterocycles. The number of nitrogens with one attached hydrogen (secondary N) is 1. The second-order valence-electron chi connectivity index (χ2n) is 3.46. The van der Waals surface area contributed by atoms with E-state index in [0.717, 1.165) is 6.26 Å². The quantitative estimate of drug-likeness (QED) is 0.818. The maximum atomic E-state index is 11.0. The van der Waals surface area contributed by atoms with Crippen molar-refractivity contribution in [3.63, 3.8) is 0 Å². The van der Waals surface area contributed by atoms with Crippen LogP contribution in [0.25, 0.3) is 0 Å². The van der Waals surface area contributed by atoms with Gasteiger partial charge in [-0.2, -0.15) is 0 Å². The van der Waals surface area contributed by atoms with Crippen molar-refractivity contribution in [1.29, 1.82) is 0 Å². The zero-order valence-corrected chi connectivity index (χ0v) is 9.92. The number of hydrogen-bond donors (Lipinski definition) is 2. The molecular weight excluding hydrogens is 232 g/mol. The van der Waals surface area contributed by atoms with Crippen LogP contribution >= 0.6 is 0 Å². The molecule has 1 rings (SSSR count). The van der Waals surface area contributed by atoms with Crippen molar-refractivity contribution in [2.75, 3.05) is 11.0 Å². The maximum Gasteiger partial charge on any atom is 0.337 e.